The Bertz CT molecular complexity index is 319. The highest BCUT2D eigenvalue weighted by molar-refractivity contribution is 8.02. The standard InChI is InChI=1S/C10H17N3O2S2/c1-3-15-6-4-5-11-9(14)8(2)17-10-13-12-7-16-10/h7-8H,3-6H2,1-2H3,(H,11,14). The predicted molar refractivity (Wildman–Crippen MR) is 69.3 cm³/mol. The van der Waals surface area contributed by atoms with Crippen LogP contribution in [0.2, 0.25) is 0 Å². The smallest absolute Gasteiger partial charge is 0.233 e. The minimum Gasteiger partial charge on any atom is -0.382 e. The van der Waals surface area contributed by atoms with Gasteiger partial charge in [0.1, 0.15) is 5.51 Å². The first-order chi connectivity index (χ1) is 8.24. The fourth-order valence-corrected chi connectivity index (χ4v) is 2.74. The zero-order valence-corrected chi connectivity index (χ0v) is 11.6. The molecule has 0 aliphatic rings. The summed E-state index contributed by atoms with van der Waals surface area (Å²) in [5, 5.41) is 10.3. The predicted octanol–water partition coefficient (Wildman–Crippen LogP) is 1.56. The van der Waals surface area contributed by atoms with Crippen molar-refractivity contribution in [1.29, 1.82) is 0 Å². The molecule has 1 N–H and O–H groups in total. The molecule has 1 rings (SSSR count). The quantitative estimate of drug-likeness (QED) is 0.576. The maximum Gasteiger partial charge on any atom is 0.233 e. The van der Waals surface area contributed by atoms with Gasteiger partial charge in [0.25, 0.3) is 0 Å². The molecule has 5 nitrogen and oxygen atoms in total. The van der Waals surface area contributed by atoms with Crippen LogP contribution < -0.4 is 5.32 Å². The lowest BCUT2D eigenvalue weighted by molar-refractivity contribution is -0.120. The number of thioether (sulfide) groups is 1. The normalized spacial score (nSPS) is 12.4. The first-order valence-corrected chi connectivity index (χ1v) is 7.28. The van der Waals surface area contributed by atoms with Crippen LogP contribution in [-0.4, -0.2) is 41.1 Å². The SMILES string of the molecule is CCOCCCNC(=O)C(C)Sc1nncs1. The van der Waals surface area contributed by atoms with Crippen LogP contribution in [0.5, 0.6) is 0 Å². The molecule has 1 amide bonds. The Kier molecular flexibility index (Phi) is 7.14. The van der Waals surface area contributed by atoms with E-state index in [2.05, 4.69) is 15.5 Å². The first-order valence-electron chi connectivity index (χ1n) is 5.52. The molecule has 1 aromatic heterocycles. The zero-order chi connectivity index (χ0) is 12.5. The van der Waals surface area contributed by atoms with E-state index in [0.29, 0.717) is 13.2 Å². The van der Waals surface area contributed by atoms with Gasteiger partial charge in [0.05, 0.1) is 5.25 Å². The van der Waals surface area contributed by atoms with Crippen molar-refractivity contribution < 1.29 is 9.53 Å². The molecule has 0 fully saturated rings. The van der Waals surface area contributed by atoms with E-state index >= 15 is 0 Å². The van der Waals surface area contributed by atoms with Crippen molar-refractivity contribution >= 4 is 29.0 Å². The Morgan fingerprint density at radius 2 is 2.53 bits per heavy atom. The van der Waals surface area contributed by atoms with Gasteiger partial charge in [-0.1, -0.05) is 23.1 Å². The number of hydrogen-bond acceptors (Lipinski definition) is 6. The van der Waals surface area contributed by atoms with Gasteiger partial charge < -0.3 is 10.1 Å². The Morgan fingerprint density at radius 1 is 1.71 bits per heavy atom. The monoisotopic (exact) mass is 275 g/mol. The molecule has 1 aromatic rings. The van der Waals surface area contributed by atoms with Crippen molar-refractivity contribution in [3.63, 3.8) is 0 Å². The Morgan fingerprint density at radius 3 is 3.18 bits per heavy atom. The lowest BCUT2D eigenvalue weighted by Gasteiger charge is -2.09. The van der Waals surface area contributed by atoms with Crippen LogP contribution in [0.4, 0.5) is 0 Å². The van der Waals surface area contributed by atoms with E-state index in [4.69, 9.17) is 4.74 Å². The second-order valence-corrected chi connectivity index (χ2v) is 5.73. The number of carbonyl (C=O) groups is 1. The van der Waals surface area contributed by atoms with Crippen LogP contribution in [-0.2, 0) is 9.53 Å². The summed E-state index contributed by atoms with van der Waals surface area (Å²) in [6.07, 6.45) is 0.843. The van der Waals surface area contributed by atoms with Gasteiger partial charge in [0, 0.05) is 19.8 Å². The number of hydrogen-bond donors (Lipinski definition) is 1. The van der Waals surface area contributed by atoms with Gasteiger partial charge in [0.2, 0.25) is 5.91 Å². The Hall–Kier alpha value is -0.660. The molecule has 0 aromatic carbocycles. The molecule has 0 saturated heterocycles. The minimum absolute atomic E-state index is 0.0294. The van der Waals surface area contributed by atoms with Crippen LogP contribution in [0.25, 0.3) is 0 Å². The molecule has 96 valence electrons. The van der Waals surface area contributed by atoms with Gasteiger partial charge in [0.15, 0.2) is 4.34 Å². The van der Waals surface area contributed by atoms with Crippen molar-refractivity contribution in [2.45, 2.75) is 29.9 Å². The van der Waals surface area contributed by atoms with Gasteiger partial charge in [-0.2, -0.15) is 0 Å². The van der Waals surface area contributed by atoms with E-state index in [1.54, 1.807) is 5.51 Å². The van der Waals surface area contributed by atoms with Gasteiger partial charge in [-0.15, -0.1) is 10.2 Å². The molecule has 1 heterocycles. The van der Waals surface area contributed by atoms with Crippen LogP contribution in [0.3, 0.4) is 0 Å². The molecule has 17 heavy (non-hydrogen) atoms. The van der Waals surface area contributed by atoms with Crippen LogP contribution in [0.1, 0.15) is 20.3 Å². The molecule has 0 radical (unpaired) electrons. The minimum atomic E-state index is -0.143. The van der Waals surface area contributed by atoms with Gasteiger partial charge in [-0.25, -0.2) is 0 Å². The van der Waals surface area contributed by atoms with Gasteiger partial charge in [-0.3, -0.25) is 4.79 Å². The number of nitrogens with one attached hydrogen (secondary N) is 1. The number of ether oxygens (including phenoxy) is 1. The van der Waals surface area contributed by atoms with E-state index in [0.717, 1.165) is 17.4 Å². The summed E-state index contributed by atoms with van der Waals surface area (Å²) in [4.78, 5) is 11.7. The third-order valence-corrected chi connectivity index (χ3v) is 3.87. The third-order valence-electron chi connectivity index (χ3n) is 1.96. The number of nitrogens with zero attached hydrogens (tertiary/aromatic N) is 2. The molecule has 0 aliphatic heterocycles. The van der Waals surface area contributed by atoms with Gasteiger partial charge in [-0.05, 0) is 20.3 Å². The molecule has 1 atom stereocenters. The van der Waals surface area contributed by atoms with E-state index < -0.39 is 0 Å². The second-order valence-electron chi connectivity index (χ2n) is 3.31. The molecule has 0 spiro atoms. The summed E-state index contributed by atoms with van der Waals surface area (Å²) in [6, 6.07) is 0. The highest BCUT2D eigenvalue weighted by Gasteiger charge is 2.15. The zero-order valence-electron chi connectivity index (χ0n) is 10.0. The van der Waals surface area contributed by atoms with E-state index in [9.17, 15) is 4.79 Å². The Labute approximate surface area is 109 Å². The van der Waals surface area contributed by atoms with Crippen molar-refractivity contribution in [2.75, 3.05) is 19.8 Å². The number of aromatic nitrogens is 2. The molecule has 0 aliphatic carbocycles. The average molecular weight is 275 g/mol. The van der Waals surface area contributed by atoms with Gasteiger partial charge >= 0.3 is 0 Å². The summed E-state index contributed by atoms with van der Waals surface area (Å²) >= 11 is 2.87. The molecule has 7 heteroatoms. The summed E-state index contributed by atoms with van der Waals surface area (Å²) in [7, 11) is 0. The molecule has 1 unspecified atom stereocenters. The number of carbonyl (C=O) groups excluding carboxylic acids is 1. The fourth-order valence-electron chi connectivity index (χ4n) is 1.09. The lowest BCUT2D eigenvalue weighted by atomic mass is 10.4. The van der Waals surface area contributed by atoms with E-state index in [-0.39, 0.29) is 11.2 Å². The van der Waals surface area contributed by atoms with Crippen molar-refractivity contribution in [2.24, 2.45) is 0 Å². The fraction of sp³-hybridized carbons (Fsp3) is 0.700. The highest BCUT2D eigenvalue weighted by Crippen LogP contribution is 2.23. The largest absolute Gasteiger partial charge is 0.382 e. The Balaban J connectivity index is 2.14. The number of rotatable bonds is 8. The van der Waals surface area contributed by atoms with Crippen LogP contribution in [0.15, 0.2) is 9.85 Å². The summed E-state index contributed by atoms with van der Waals surface area (Å²) in [5.74, 6) is 0.0294. The van der Waals surface area contributed by atoms with Crippen molar-refractivity contribution in [1.82, 2.24) is 15.5 Å². The van der Waals surface area contributed by atoms with E-state index in [1.165, 1.54) is 23.1 Å². The molecule has 0 saturated carbocycles. The van der Waals surface area contributed by atoms with Crippen LogP contribution >= 0.6 is 23.1 Å². The lowest BCUT2D eigenvalue weighted by Crippen LogP contribution is -2.32. The summed E-state index contributed by atoms with van der Waals surface area (Å²) in [5.41, 5.74) is 1.66. The van der Waals surface area contributed by atoms with Crippen molar-refractivity contribution in [3.05, 3.63) is 5.51 Å². The van der Waals surface area contributed by atoms with Crippen LogP contribution in [0, 0.1) is 0 Å². The average Bonchev–Trinajstić information content (AvgIpc) is 2.81. The number of amides is 1. The molecule has 0 bridgehead atoms. The van der Waals surface area contributed by atoms with E-state index in [1.807, 2.05) is 13.8 Å². The maximum atomic E-state index is 11.7. The molecular formula is C10H17N3O2S2. The summed E-state index contributed by atoms with van der Waals surface area (Å²) in [6.45, 7) is 5.88. The highest BCUT2D eigenvalue weighted by atomic mass is 32.2. The third kappa shape index (κ3) is 5.99. The maximum absolute atomic E-state index is 11.7. The second kappa shape index (κ2) is 8.43. The van der Waals surface area contributed by atoms with Crippen molar-refractivity contribution in [3.8, 4) is 0 Å². The first kappa shape index (κ1) is 14.4. The molecular weight excluding hydrogens is 258 g/mol. The topological polar surface area (TPSA) is 64.1 Å². The summed E-state index contributed by atoms with van der Waals surface area (Å²) < 4.78 is 6.01.